The van der Waals surface area contributed by atoms with Crippen LogP contribution in [-0.4, -0.2) is 23.0 Å². The molecule has 1 aliphatic rings. The molecule has 0 unspecified atom stereocenters. The van der Waals surface area contributed by atoms with E-state index in [1.807, 2.05) is 18.2 Å². The van der Waals surface area contributed by atoms with Crippen LogP contribution in [0.25, 0.3) is 0 Å². The number of carboxylic acid groups (broad SMARTS) is 1. The summed E-state index contributed by atoms with van der Waals surface area (Å²) in [4.78, 5) is 23.2. The number of nitrogens with one attached hydrogen (secondary N) is 1. The minimum absolute atomic E-state index is 0.0649. The van der Waals surface area contributed by atoms with Gasteiger partial charge in [-0.15, -0.1) is 0 Å². The number of aromatic carboxylic acids is 1. The molecule has 0 aliphatic heterocycles. The zero-order valence-corrected chi connectivity index (χ0v) is 14.2. The van der Waals surface area contributed by atoms with Crippen molar-refractivity contribution in [2.24, 2.45) is 0 Å². The molecule has 4 heteroatoms. The van der Waals surface area contributed by atoms with E-state index in [1.54, 1.807) is 24.3 Å². The van der Waals surface area contributed by atoms with Crippen LogP contribution in [-0.2, 0) is 11.2 Å². The quantitative estimate of drug-likeness (QED) is 0.843. The first-order chi connectivity index (χ1) is 12.1. The van der Waals surface area contributed by atoms with E-state index in [2.05, 4.69) is 17.4 Å². The molecule has 0 saturated heterocycles. The van der Waals surface area contributed by atoms with Gasteiger partial charge in [-0.3, -0.25) is 4.79 Å². The lowest BCUT2D eigenvalue weighted by atomic mass is 9.94. The minimum Gasteiger partial charge on any atom is -0.478 e. The van der Waals surface area contributed by atoms with Gasteiger partial charge in [0.25, 0.3) is 0 Å². The van der Waals surface area contributed by atoms with E-state index < -0.39 is 5.97 Å². The van der Waals surface area contributed by atoms with Crippen LogP contribution >= 0.6 is 0 Å². The second kappa shape index (κ2) is 7.97. The van der Waals surface area contributed by atoms with Crippen LogP contribution < -0.4 is 5.32 Å². The van der Waals surface area contributed by atoms with E-state index in [1.165, 1.54) is 5.56 Å². The van der Waals surface area contributed by atoms with Crippen molar-refractivity contribution in [2.45, 2.75) is 44.1 Å². The smallest absolute Gasteiger partial charge is 0.335 e. The van der Waals surface area contributed by atoms with Crippen molar-refractivity contribution in [2.75, 3.05) is 0 Å². The molecule has 130 valence electrons. The van der Waals surface area contributed by atoms with Crippen LogP contribution in [0.15, 0.2) is 54.6 Å². The highest BCUT2D eigenvalue weighted by molar-refractivity contribution is 5.87. The molecule has 0 bridgehead atoms. The van der Waals surface area contributed by atoms with Crippen molar-refractivity contribution in [1.82, 2.24) is 5.32 Å². The first-order valence-electron chi connectivity index (χ1n) is 8.80. The number of carbonyl (C=O) groups is 2. The van der Waals surface area contributed by atoms with Gasteiger partial charge in [-0.1, -0.05) is 48.9 Å². The number of hydrogen-bond acceptors (Lipinski definition) is 2. The fourth-order valence-corrected chi connectivity index (χ4v) is 3.58. The molecule has 0 spiro atoms. The lowest BCUT2D eigenvalue weighted by molar-refractivity contribution is -0.121. The van der Waals surface area contributed by atoms with Gasteiger partial charge in [0, 0.05) is 18.4 Å². The third kappa shape index (κ3) is 4.47. The van der Waals surface area contributed by atoms with Crippen LogP contribution in [0.3, 0.4) is 0 Å². The van der Waals surface area contributed by atoms with E-state index >= 15 is 0 Å². The summed E-state index contributed by atoms with van der Waals surface area (Å²) in [7, 11) is 0. The summed E-state index contributed by atoms with van der Waals surface area (Å²) in [6.45, 7) is 0. The molecule has 25 heavy (non-hydrogen) atoms. The molecule has 1 aliphatic carbocycles. The maximum absolute atomic E-state index is 12.3. The second-order valence-electron chi connectivity index (χ2n) is 6.62. The maximum Gasteiger partial charge on any atom is 0.335 e. The van der Waals surface area contributed by atoms with Gasteiger partial charge in [-0.2, -0.15) is 0 Å². The van der Waals surface area contributed by atoms with Crippen molar-refractivity contribution in [3.05, 3.63) is 71.3 Å². The number of hydrogen-bond donors (Lipinski definition) is 2. The van der Waals surface area contributed by atoms with E-state index in [0.29, 0.717) is 18.8 Å². The summed E-state index contributed by atoms with van der Waals surface area (Å²) in [6.07, 6.45) is 4.32. The number of benzene rings is 2. The molecule has 0 radical (unpaired) electrons. The van der Waals surface area contributed by atoms with Gasteiger partial charge in [0.05, 0.1) is 5.56 Å². The van der Waals surface area contributed by atoms with Gasteiger partial charge in [-0.05, 0) is 42.5 Å². The van der Waals surface area contributed by atoms with E-state index in [0.717, 1.165) is 24.8 Å². The number of rotatable bonds is 6. The minimum atomic E-state index is -0.933. The number of carboxylic acids is 1. The van der Waals surface area contributed by atoms with E-state index in [9.17, 15) is 9.59 Å². The standard InChI is InChI=1S/C21H23NO3/c23-20(14-11-15-9-12-17(13-10-15)21(24)25)22-19-8-4-7-18(19)16-5-2-1-3-6-16/h1-3,5-6,9-10,12-13,18-19H,4,7-8,11,14H2,(H,22,23)(H,24,25)/t18-,19+/m0/s1. The van der Waals surface area contributed by atoms with Crippen molar-refractivity contribution < 1.29 is 14.7 Å². The molecule has 1 saturated carbocycles. The Labute approximate surface area is 147 Å². The van der Waals surface area contributed by atoms with Gasteiger partial charge >= 0.3 is 5.97 Å². The average molecular weight is 337 g/mol. The topological polar surface area (TPSA) is 66.4 Å². The monoisotopic (exact) mass is 337 g/mol. The van der Waals surface area contributed by atoms with Crippen molar-refractivity contribution >= 4 is 11.9 Å². The molecular formula is C21H23NO3. The lowest BCUT2D eigenvalue weighted by Gasteiger charge is -2.21. The molecule has 0 aromatic heterocycles. The van der Waals surface area contributed by atoms with Crippen LogP contribution in [0.2, 0.25) is 0 Å². The predicted molar refractivity (Wildman–Crippen MR) is 96.7 cm³/mol. The summed E-state index contributed by atoms with van der Waals surface area (Å²) >= 11 is 0. The fourth-order valence-electron chi connectivity index (χ4n) is 3.58. The van der Waals surface area contributed by atoms with Crippen LogP contribution in [0, 0.1) is 0 Å². The Kier molecular flexibility index (Phi) is 5.49. The molecule has 3 rings (SSSR count). The van der Waals surface area contributed by atoms with Crippen LogP contribution in [0.4, 0.5) is 0 Å². The molecule has 2 aromatic rings. The highest BCUT2D eigenvalue weighted by Gasteiger charge is 2.29. The van der Waals surface area contributed by atoms with Crippen molar-refractivity contribution in [1.29, 1.82) is 0 Å². The Morgan fingerprint density at radius 1 is 1.00 bits per heavy atom. The Balaban J connectivity index is 1.52. The van der Waals surface area contributed by atoms with E-state index in [-0.39, 0.29) is 17.5 Å². The Bertz CT molecular complexity index is 725. The van der Waals surface area contributed by atoms with E-state index in [4.69, 9.17) is 5.11 Å². The van der Waals surface area contributed by atoms with Crippen molar-refractivity contribution in [3.8, 4) is 0 Å². The number of amides is 1. The third-order valence-electron chi connectivity index (χ3n) is 4.93. The van der Waals surface area contributed by atoms with Gasteiger partial charge in [0.15, 0.2) is 0 Å². The average Bonchev–Trinajstić information content (AvgIpc) is 3.09. The van der Waals surface area contributed by atoms with Crippen molar-refractivity contribution in [3.63, 3.8) is 0 Å². The van der Waals surface area contributed by atoms with Gasteiger partial charge in [0.1, 0.15) is 0 Å². The summed E-state index contributed by atoms with van der Waals surface area (Å²) in [5.41, 5.74) is 2.55. The first-order valence-corrected chi connectivity index (χ1v) is 8.80. The summed E-state index contributed by atoms with van der Waals surface area (Å²) in [6, 6.07) is 17.3. The van der Waals surface area contributed by atoms with Gasteiger partial charge in [0.2, 0.25) is 5.91 Å². The first kappa shape index (κ1) is 17.2. The highest BCUT2D eigenvalue weighted by atomic mass is 16.4. The molecule has 2 N–H and O–H groups in total. The highest BCUT2D eigenvalue weighted by Crippen LogP contribution is 2.34. The zero-order chi connectivity index (χ0) is 17.6. The fraction of sp³-hybridized carbons (Fsp3) is 0.333. The SMILES string of the molecule is O=C(CCc1ccc(C(=O)O)cc1)N[C@@H]1CCC[C@H]1c1ccccc1. The van der Waals surface area contributed by atoms with Crippen LogP contribution in [0.1, 0.15) is 53.1 Å². The largest absolute Gasteiger partial charge is 0.478 e. The zero-order valence-electron chi connectivity index (χ0n) is 14.2. The molecule has 4 nitrogen and oxygen atoms in total. The third-order valence-corrected chi connectivity index (χ3v) is 4.93. The summed E-state index contributed by atoms with van der Waals surface area (Å²) in [5, 5.41) is 12.1. The summed E-state index contributed by atoms with van der Waals surface area (Å²) in [5.74, 6) is -0.465. The Hall–Kier alpha value is -2.62. The normalized spacial score (nSPS) is 19.5. The molecule has 1 fully saturated rings. The molecule has 2 atom stereocenters. The molecular weight excluding hydrogens is 314 g/mol. The number of aryl methyl sites for hydroxylation is 1. The molecule has 1 amide bonds. The lowest BCUT2D eigenvalue weighted by Crippen LogP contribution is -2.36. The van der Waals surface area contributed by atoms with Gasteiger partial charge in [-0.25, -0.2) is 4.79 Å². The second-order valence-corrected chi connectivity index (χ2v) is 6.62. The summed E-state index contributed by atoms with van der Waals surface area (Å²) < 4.78 is 0. The molecule has 0 heterocycles. The maximum atomic E-state index is 12.3. The molecule has 2 aromatic carbocycles. The van der Waals surface area contributed by atoms with Crippen LogP contribution in [0.5, 0.6) is 0 Å². The number of carbonyl (C=O) groups excluding carboxylic acids is 1. The predicted octanol–water partition coefficient (Wildman–Crippen LogP) is 3.77. The van der Waals surface area contributed by atoms with Gasteiger partial charge < -0.3 is 10.4 Å². The Morgan fingerprint density at radius 3 is 2.40 bits per heavy atom. The Morgan fingerprint density at radius 2 is 1.72 bits per heavy atom.